The second-order valence-electron chi connectivity index (χ2n) is 2.69. The lowest BCUT2D eigenvalue weighted by molar-refractivity contribution is -0.133. The third kappa shape index (κ3) is 6.73. The van der Waals surface area contributed by atoms with Crippen LogP contribution in [-0.4, -0.2) is 60.7 Å². The summed E-state index contributed by atoms with van der Waals surface area (Å²) in [6, 6.07) is 0. The van der Waals surface area contributed by atoms with Crippen molar-refractivity contribution in [1.82, 2.24) is 4.90 Å². The maximum absolute atomic E-state index is 11.3. The molecule has 0 bridgehead atoms. The zero-order valence-corrected chi connectivity index (χ0v) is 9.17. The molecular formula is C8H15NO4S. The third-order valence-electron chi connectivity index (χ3n) is 1.51. The first kappa shape index (κ1) is 13.2. The molecule has 0 aliphatic rings. The smallest absolute Gasteiger partial charge is 0.313 e. The van der Waals surface area contributed by atoms with Crippen LogP contribution in [0.2, 0.25) is 0 Å². The van der Waals surface area contributed by atoms with Crippen molar-refractivity contribution < 1.29 is 19.4 Å². The highest BCUT2D eigenvalue weighted by Crippen LogP contribution is 2.01. The van der Waals surface area contributed by atoms with E-state index in [1.54, 1.807) is 14.2 Å². The number of hydrogen-bond acceptors (Lipinski definition) is 4. The Bertz CT molecular complexity index is 198. The van der Waals surface area contributed by atoms with Crippen LogP contribution < -0.4 is 0 Å². The highest BCUT2D eigenvalue weighted by atomic mass is 32.2. The number of carbonyl (C=O) groups excluding carboxylic acids is 1. The zero-order chi connectivity index (χ0) is 11.0. The first-order chi connectivity index (χ1) is 6.57. The molecule has 0 saturated heterocycles. The summed E-state index contributed by atoms with van der Waals surface area (Å²) in [7, 11) is 3.24. The Labute approximate surface area is 87.4 Å². The molecule has 6 heteroatoms. The molecule has 0 radical (unpaired) electrons. The van der Waals surface area contributed by atoms with Gasteiger partial charge in [0.25, 0.3) is 0 Å². The van der Waals surface area contributed by atoms with Gasteiger partial charge < -0.3 is 14.7 Å². The van der Waals surface area contributed by atoms with E-state index in [-0.39, 0.29) is 17.4 Å². The van der Waals surface area contributed by atoms with Crippen LogP contribution in [0.25, 0.3) is 0 Å². The van der Waals surface area contributed by atoms with E-state index in [0.717, 1.165) is 11.8 Å². The van der Waals surface area contributed by atoms with Crippen molar-refractivity contribution in [3.05, 3.63) is 0 Å². The average Bonchev–Trinajstić information content (AvgIpc) is 2.13. The van der Waals surface area contributed by atoms with Gasteiger partial charge in [-0.25, -0.2) is 0 Å². The number of carbonyl (C=O) groups is 2. The Morgan fingerprint density at radius 2 is 2.07 bits per heavy atom. The first-order valence-corrected chi connectivity index (χ1v) is 5.25. The minimum Gasteiger partial charge on any atom is -0.481 e. The van der Waals surface area contributed by atoms with E-state index in [0.29, 0.717) is 13.2 Å². The summed E-state index contributed by atoms with van der Waals surface area (Å²) < 4.78 is 4.81. The Morgan fingerprint density at radius 3 is 2.57 bits per heavy atom. The number of hydrogen-bond donors (Lipinski definition) is 1. The van der Waals surface area contributed by atoms with Crippen molar-refractivity contribution in [3.8, 4) is 0 Å². The molecule has 0 aliphatic carbocycles. The maximum atomic E-state index is 11.3. The number of aliphatic carboxylic acids is 1. The number of carboxylic acid groups (broad SMARTS) is 1. The molecule has 1 amide bonds. The lowest BCUT2D eigenvalue weighted by Gasteiger charge is -2.15. The van der Waals surface area contributed by atoms with E-state index >= 15 is 0 Å². The Balaban J connectivity index is 3.56. The van der Waals surface area contributed by atoms with Crippen molar-refractivity contribution in [3.63, 3.8) is 0 Å². The summed E-state index contributed by atoms with van der Waals surface area (Å²) in [6.45, 7) is 1.02. The first-order valence-electron chi connectivity index (χ1n) is 4.10. The van der Waals surface area contributed by atoms with Gasteiger partial charge in [0, 0.05) is 20.7 Å². The highest BCUT2D eigenvalue weighted by Gasteiger charge is 2.08. The number of nitrogens with zero attached hydrogens (tertiary/aromatic N) is 1. The molecule has 0 atom stereocenters. The quantitative estimate of drug-likeness (QED) is 0.650. The number of carboxylic acids is 1. The third-order valence-corrected chi connectivity index (χ3v) is 2.41. The van der Waals surface area contributed by atoms with Crippen LogP contribution in [0.1, 0.15) is 0 Å². The molecule has 0 aromatic carbocycles. The standard InChI is InChI=1S/C8H15NO4S/c1-9(3-4-13-2)7(10)5-14-6-8(11)12/h3-6H2,1-2H3,(H,11,12). The van der Waals surface area contributed by atoms with E-state index < -0.39 is 5.97 Å². The van der Waals surface area contributed by atoms with E-state index in [1.807, 2.05) is 0 Å². The normalized spacial score (nSPS) is 9.86. The van der Waals surface area contributed by atoms with Gasteiger partial charge in [-0.05, 0) is 0 Å². The summed E-state index contributed by atoms with van der Waals surface area (Å²) in [5.41, 5.74) is 0. The van der Waals surface area contributed by atoms with E-state index in [4.69, 9.17) is 9.84 Å². The Hall–Kier alpha value is -0.750. The maximum Gasteiger partial charge on any atom is 0.313 e. The van der Waals surface area contributed by atoms with Crippen LogP contribution in [-0.2, 0) is 14.3 Å². The molecule has 0 aromatic heterocycles. The molecular weight excluding hydrogens is 206 g/mol. The van der Waals surface area contributed by atoms with Crippen LogP contribution in [0.3, 0.4) is 0 Å². The van der Waals surface area contributed by atoms with Crippen LogP contribution in [0.5, 0.6) is 0 Å². The molecule has 1 N–H and O–H groups in total. The topological polar surface area (TPSA) is 66.8 Å². The van der Waals surface area contributed by atoms with Gasteiger partial charge >= 0.3 is 5.97 Å². The fourth-order valence-corrected chi connectivity index (χ4v) is 1.36. The summed E-state index contributed by atoms with van der Waals surface area (Å²) in [4.78, 5) is 23.0. The predicted octanol–water partition coefficient (Wildman–Crippen LogP) is -0.0910. The fourth-order valence-electron chi connectivity index (χ4n) is 0.689. The molecule has 14 heavy (non-hydrogen) atoms. The number of amides is 1. The molecule has 0 aliphatic heterocycles. The minimum absolute atomic E-state index is 0.0378. The average molecular weight is 221 g/mol. The fraction of sp³-hybridized carbons (Fsp3) is 0.750. The van der Waals surface area contributed by atoms with Crippen molar-refractivity contribution in [2.75, 3.05) is 38.8 Å². The predicted molar refractivity (Wildman–Crippen MR) is 54.5 cm³/mol. The monoisotopic (exact) mass is 221 g/mol. The van der Waals surface area contributed by atoms with Gasteiger partial charge in [-0.1, -0.05) is 0 Å². The molecule has 0 spiro atoms. The number of methoxy groups -OCH3 is 1. The SMILES string of the molecule is COCCN(C)C(=O)CSCC(=O)O. The molecule has 5 nitrogen and oxygen atoms in total. The van der Waals surface area contributed by atoms with Crippen molar-refractivity contribution >= 4 is 23.6 Å². The summed E-state index contributed by atoms with van der Waals surface area (Å²) in [5.74, 6) is -0.813. The minimum atomic E-state index is -0.901. The van der Waals surface area contributed by atoms with Crippen LogP contribution >= 0.6 is 11.8 Å². The van der Waals surface area contributed by atoms with Crippen LogP contribution in [0, 0.1) is 0 Å². The van der Waals surface area contributed by atoms with Crippen LogP contribution in [0.4, 0.5) is 0 Å². The van der Waals surface area contributed by atoms with Crippen molar-refractivity contribution in [1.29, 1.82) is 0 Å². The highest BCUT2D eigenvalue weighted by molar-refractivity contribution is 8.00. The number of thioether (sulfide) groups is 1. The zero-order valence-electron chi connectivity index (χ0n) is 8.36. The Morgan fingerprint density at radius 1 is 1.43 bits per heavy atom. The summed E-state index contributed by atoms with van der Waals surface area (Å²) in [5, 5.41) is 8.34. The molecule has 82 valence electrons. The van der Waals surface area contributed by atoms with E-state index in [9.17, 15) is 9.59 Å². The number of rotatable bonds is 7. The van der Waals surface area contributed by atoms with Gasteiger partial charge in [-0.3, -0.25) is 9.59 Å². The molecule has 0 unspecified atom stereocenters. The van der Waals surface area contributed by atoms with Gasteiger partial charge in [0.15, 0.2) is 0 Å². The second-order valence-corrected chi connectivity index (χ2v) is 3.68. The molecule has 0 fully saturated rings. The van der Waals surface area contributed by atoms with Crippen molar-refractivity contribution in [2.24, 2.45) is 0 Å². The number of ether oxygens (including phenoxy) is 1. The van der Waals surface area contributed by atoms with Crippen LogP contribution in [0.15, 0.2) is 0 Å². The number of likely N-dealkylation sites (N-methyl/N-ethyl adjacent to an activating group) is 1. The van der Waals surface area contributed by atoms with Crippen molar-refractivity contribution in [2.45, 2.75) is 0 Å². The van der Waals surface area contributed by atoms with E-state index in [1.165, 1.54) is 4.90 Å². The largest absolute Gasteiger partial charge is 0.481 e. The molecule has 0 heterocycles. The van der Waals surface area contributed by atoms with Gasteiger partial charge in [-0.2, -0.15) is 0 Å². The molecule has 0 rings (SSSR count). The van der Waals surface area contributed by atoms with Gasteiger partial charge in [0.05, 0.1) is 18.1 Å². The van der Waals surface area contributed by atoms with Gasteiger partial charge in [-0.15, -0.1) is 11.8 Å². The summed E-state index contributed by atoms with van der Waals surface area (Å²) in [6.07, 6.45) is 0. The summed E-state index contributed by atoms with van der Waals surface area (Å²) >= 11 is 1.10. The lowest BCUT2D eigenvalue weighted by Crippen LogP contribution is -2.31. The Kier molecular flexibility index (Phi) is 7.23. The second kappa shape index (κ2) is 7.64. The van der Waals surface area contributed by atoms with E-state index in [2.05, 4.69) is 0 Å². The molecule has 0 aromatic rings. The van der Waals surface area contributed by atoms with Gasteiger partial charge in [0.1, 0.15) is 0 Å². The lowest BCUT2D eigenvalue weighted by atomic mass is 10.5. The molecule has 0 saturated carbocycles. The van der Waals surface area contributed by atoms with Gasteiger partial charge in [0.2, 0.25) is 5.91 Å².